The summed E-state index contributed by atoms with van der Waals surface area (Å²) in [5.74, 6) is 0.520. The summed E-state index contributed by atoms with van der Waals surface area (Å²) in [6.45, 7) is 4.27. The zero-order valence-electron chi connectivity index (χ0n) is 14.7. The van der Waals surface area contributed by atoms with Crippen molar-refractivity contribution in [2.45, 2.75) is 32.9 Å². The Balaban J connectivity index is 1.64. The van der Waals surface area contributed by atoms with Crippen molar-refractivity contribution in [1.29, 1.82) is 0 Å². The zero-order chi connectivity index (χ0) is 18.0. The summed E-state index contributed by atoms with van der Waals surface area (Å²) in [5, 5.41) is 2.92. The first-order valence-corrected chi connectivity index (χ1v) is 8.33. The Kier molecular flexibility index (Phi) is 4.74. The molecule has 0 bridgehead atoms. The van der Waals surface area contributed by atoms with Crippen LogP contribution in [0.1, 0.15) is 23.6 Å². The Morgan fingerprint density at radius 2 is 1.84 bits per heavy atom. The van der Waals surface area contributed by atoms with Crippen LogP contribution in [0, 0.1) is 6.92 Å². The number of ether oxygens (including phenoxy) is 1. The number of rotatable bonds is 4. The van der Waals surface area contributed by atoms with Crippen molar-refractivity contribution >= 4 is 17.5 Å². The second-order valence-corrected chi connectivity index (χ2v) is 6.40. The summed E-state index contributed by atoms with van der Waals surface area (Å²) in [4.78, 5) is 25.8. The molecule has 0 spiro atoms. The first-order valence-electron chi connectivity index (χ1n) is 8.33. The average molecular weight is 338 g/mol. The molecule has 0 saturated carbocycles. The first-order chi connectivity index (χ1) is 11.9. The molecule has 25 heavy (non-hydrogen) atoms. The predicted molar refractivity (Wildman–Crippen MR) is 96.7 cm³/mol. The van der Waals surface area contributed by atoms with Crippen LogP contribution in [0.15, 0.2) is 42.5 Å². The van der Waals surface area contributed by atoms with E-state index in [1.165, 1.54) is 5.56 Å². The Morgan fingerprint density at radius 3 is 2.56 bits per heavy atom. The van der Waals surface area contributed by atoms with Crippen molar-refractivity contribution in [2.75, 3.05) is 11.9 Å². The van der Waals surface area contributed by atoms with Gasteiger partial charge in [-0.1, -0.05) is 35.9 Å². The molecule has 0 fully saturated rings. The van der Waals surface area contributed by atoms with Gasteiger partial charge in [0.25, 0.3) is 5.91 Å². The van der Waals surface area contributed by atoms with Gasteiger partial charge in [0.05, 0.1) is 12.1 Å². The maximum absolute atomic E-state index is 12.2. The summed E-state index contributed by atoms with van der Waals surface area (Å²) in [7, 11) is 1.72. The summed E-state index contributed by atoms with van der Waals surface area (Å²) >= 11 is 0. The predicted octanol–water partition coefficient (Wildman–Crippen LogP) is 2.60. The quantitative estimate of drug-likeness (QED) is 0.932. The molecular formula is C20H22N2O3. The minimum Gasteiger partial charge on any atom is -0.479 e. The van der Waals surface area contributed by atoms with E-state index in [2.05, 4.69) is 5.32 Å². The standard InChI is InChI=1S/C20H22N2O3/c1-13-4-6-15(7-5-13)12-21-19(23)11-16-8-9-18-17(10-16)22(3)20(24)14(2)25-18/h4-10,14H,11-12H2,1-3H3,(H,21,23). The molecule has 1 aliphatic heterocycles. The number of amides is 2. The summed E-state index contributed by atoms with van der Waals surface area (Å²) < 4.78 is 5.60. The first kappa shape index (κ1) is 17.0. The van der Waals surface area contributed by atoms with E-state index >= 15 is 0 Å². The SMILES string of the molecule is Cc1ccc(CNC(=O)Cc2ccc3c(c2)N(C)C(=O)C(C)O3)cc1. The Morgan fingerprint density at radius 1 is 1.16 bits per heavy atom. The molecule has 0 aromatic heterocycles. The van der Waals surface area contributed by atoms with Crippen LogP contribution in [0.25, 0.3) is 0 Å². The number of benzene rings is 2. The number of aryl methyl sites for hydroxylation is 1. The van der Waals surface area contributed by atoms with E-state index in [4.69, 9.17) is 4.74 Å². The van der Waals surface area contributed by atoms with Crippen molar-refractivity contribution < 1.29 is 14.3 Å². The van der Waals surface area contributed by atoms with E-state index in [0.717, 1.165) is 11.1 Å². The molecule has 1 aliphatic rings. The van der Waals surface area contributed by atoms with E-state index in [-0.39, 0.29) is 18.2 Å². The van der Waals surface area contributed by atoms with Crippen molar-refractivity contribution in [2.24, 2.45) is 0 Å². The van der Waals surface area contributed by atoms with Gasteiger partial charge in [0.1, 0.15) is 5.75 Å². The number of carbonyl (C=O) groups is 2. The summed E-state index contributed by atoms with van der Waals surface area (Å²) in [6, 6.07) is 13.6. The second-order valence-electron chi connectivity index (χ2n) is 6.40. The van der Waals surface area contributed by atoms with Gasteiger partial charge in [0.15, 0.2) is 6.10 Å². The van der Waals surface area contributed by atoms with Gasteiger partial charge in [-0.05, 0) is 37.1 Å². The lowest BCUT2D eigenvalue weighted by atomic mass is 10.1. The van der Waals surface area contributed by atoms with Crippen LogP contribution in [-0.4, -0.2) is 25.0 Å². The van der Waals surface area contributed by atoms with Gasteiger partial charge in [-0.2, -0.15) is 0 Å². The molecular weight excluding hydrogens is 316 g/mol. The molecule has 3 rings (SSSR count). The molecule has 2 aromatic carbocycles. The van der Waals surface area contributed by atoms with Crippen LogP contribution in [-0.2, 0) is 22.6 Å². The second kappa shape index (κ2) is 6.97. The van der Waals surface area contributed by atoms with Crippen molar-refractivity contribution in [3.05, 3.63) is 59.2 Å². The molecule has 1 N–H and O–H groups in total. The van der Waals surface area contributed by atoms with E-state index in [1.807, 2.05) is 49.4 Å². The van der Waals surface area contributed by atoms with Gasteiger partial charge < -0.3 is 15.0 Å². The molecule has 0 saturated heterocycles. The van der Waals surface area contributed by atoms with Crippen molar-refractivity contribution in [1.82, 2.24) is 5.32 Å². The Bertz CT molecular complexity index is 799. The summed E-state index contributed by atoms with van der Waals surface area (Å²) in [5.41, 5.74) is 3.81. The van der Waals surface area contributed by atoms with Crippen LogP contribution in [0.3, 0.4) is 0 Å². The minimum atomic E-state index is -0.485. The Hall–Kier alpha value is -2.82. The van der Waals surface area contributed by atoms with E-state index in [9.17, 15) is 9.59 Å². The maximum atomic E-state index is 12.2. The van der Waals surface area contributed by atoms with Gasteiger partial charge in [0, 0.05) is 13.6 Å². The lowest BCUT2D eigenvalue weighted by Crippen LogP contribution is -2.42. The lowest BCUT2D eigenvalue weighted by Gasteiger charge is -2.30. The highest BCUT2D eigenvalue weighted by atomic mass is 16.5. The number of likely N-dealkylation sites (N-methyl/N-ethyl adjacent to an activating group) is 1. The monoisotopic (exact) mass is 338 g/mol. The summed E-state index contributed by atoms with van der Waals surface area (Å²) in [6.07, 6.45) is -0.224. The highest BCUT2D eigenvalue weighted by molar-refractivity contribution is 5.99. The lowest BCUT2D eigenvalue weighted by molar-refractivity contribution is -0.125. The molecule has 5 nitrogen and oxygen atoms in total. The fourth-order valence-corrected chi connectivity index (χ4v) is 2.82. The molecule has 1 unspecified atom stereocenters. The van der Waals surface area contributed by atoms with Gasteiger partial charge in [-0.3, -0.25) is 9.59 Å². The fourth-order valence-electron chi connectivity index (χ4n) is 2.82. The van der Waals surface area contributed by atoms with E-state index < -0.39 is 6.10 Å². The number of hydrogen-bond acceptors (Lipinski definition) is 3. The van der Waals surface area contributed by atoms with Gasteiger partial charge in [-0.15, -0.1) is 0 Å². The van der Waals surface area contributed by atoms with Crippen LogP contribution in [0.5, 0.6) is 5.75 Å². The van der Waals surface area contributed by atoms with Crippen LogP contribution < -0.4 is 15.0 Å². The van der Waals surface area contributed by atoms with E-state index in [0.29, 0.717) is 18.0 Å². The number of carbonyl (C=O) groups excluding carboxylic acids is 2. The fraction of sp³-hybridized carbons (Fsp3) is 0.300. The molecule has 1 heterocycles. The number of hydrogen-bond donors (Lipinski definition) is 1. The highest BCUT2D eigenvalue weighted by Crippen LogP contribution is 2.34. The molecule has 0 aliphatic carbocycles. The Labute approximate surface area is 147 Å². The van der Waals surface area contributed by atoms with Crippen molar-refractivity contribution in [3.8, 4) is 5.75 Å². The molecule has 2 aromatic rings. The third-order valence-corrected chi connectivity index (χ3v) is 4.34. The smallest absolute Gasteiger partial charge is 0.267 e. The highest BCUT2D eigenvalue weighted by Gasteiger charge is 2.28. The van der Waals surface area contributed by atoms with Crippen molar-refractivity contribution in [3.63, 3.8) is 0 Å². The minimum absolute atomic E-state index is 0.0559. The van der Waals surface area contributed by atoms with E-state index in [1.54, 1.807) is 18.9 Å². The van der Waals surface area contributed by atoms with Gasteiger partial charge in [0.2, 0.25) is 5.91 Å². The number of nitrogens with zero attached hydrogens (tertiary/aromatic N) is 1. The topological polar surface area (TPSA) is 58.6 Å². The van der Waals surface area contributed by atoms with Crippen LogP contribution in [0.2, 0.25) is 0 Å². The van der Waals surface area contributed by atoms with Crippen LogP contribution in [0.4, 0.5) is 5.69 Å². The largest absolute Gasteiger partial charge is 0.479 e. The number of fused-ring (bicyclic) bond motifs is 1. The normalized spacial score (nSPS) is 16.2. The molecule has 0 radical (unpaired) electrons. The number of anilines is 1. The van der Waals surface area contributed by atoms with Crippen LogP contribution >= 0.6 is 0 Å². The maximum Gasteiger partial charge on any atom is 0.267 e. The third-order valence-electron chi connectivity index (χ3n) is 4.34. The molecule has 130 valence electrons. The number of nitrogens with one attached hydrogen (secondary N) is 1. The zero-order valence-corrected chi connectivity index (χ0v) is 14.7. The molecule has 2 amide bonds. The third kappa shape index (κ3) is 3.82. The van der Waals surface area contributed by atoms with Gasteiger partial charge in [-0.25, -0.2) is 0 Å². The average Bonchev–Trinajstić information content (AvgIpc) is 2.60. The van der Waals surface area contributed by atoms with Gasteiger partial charge >= 0.3 is 0 Å². The molecule has 5 heteroatoms. The molecule has 1 atom stereocenters.